The van der Waals surface area contributed by atoms with Crippen LogP contribution in [0.15, 0.2) is 67.3 Å². The van der Waals surface area contributed by atoms with Gasteiger partial charge in [0.15, 0.2) is 6.61 Å². The average Bonchev–Trinajstić information content (AvgIpc) is 3.31. The standard InChI is InChI=1S/C23H26N4O3/c28-21(15-26-10-8-18-4-1-2-5-19(18)14-26)13-25-23(29)16-30-22-7-3-6-20(12-22)27-11-9-24-17-27/h1-7,9,11-12,17,21,28H,8,10,13-16H2,(H,25,29)/t21-/m1/s1. The minimum atomic E-state index is -0.621. The van der Waals surface area contributed by atoms with Crippen LogP contribution in [0.5, 0.6) is 5.75 Å². The highest BCUT2D eigenvalue weighted by atomic mass is 16.5. The molecule has 4 rings (SSSR count). The Morgan fingerprint density at radius 3 is 2.90 bits per heavy atom. The lowest BCUT2D eigenvalue weighted by molar-refractivity contribution is -0.123. The Morgan fingerprint density at radius 2 is 2.07 bits per heavy atom. The largest absolute Gasteiger partial charge is 0.484 e. The van der Waals surface area contributed by atoms with Gasteiger partial charge in [0.1, 0.15) is 5.75 Å². The van der Waals surface area contributed by atoms with Crippen LogP contribution < -0.4 is 10.1 Å². The van der Waals surface area contributed by atoms with E-state index in [0.717, 1.165) is 25.2 Å². The second kappa shape index (κ2) is 9.56. The first-order chi connectivity index (χ1) is 14.7. The molecule has 3 aromatic rings. The van der Waals surface area contributed by atoms with Crippen molar-refractivity contribution < 1.29 is 14.6 Å². The molecule has 0 unspecified atom stereocenters. The van der Waals surface area contributed by atoms with Crippen LogP contribution in [-0.4, -0.2) is 57.8 Å². The second-order valence-corrected chi connectivity index (χ2v) is 7.47. The molecular formula is C23H26N4O3. The third-order valence-electron chi connectivity index (χ3n) is 5.20. The number of aliphatic hydroxyl groups is 1. The molecule has 7 heteroatoms. The second-order valence-electron chi connectivity index (χ2n) is 7.47. The van der Waals surface area contributed by atoms with Gasteiger partial charge in [0.05, 0.1) is 18.1 Å². The maximum Gasteiger partial charge on any atom is 0.258 e. The Balaban J connectivity index is 1.19. The molecule has 2 N–H and O–H groups in total. The van der Waals surface area contributed by atoms with E-state index in [1.165, 1.54) is 11.1 Å². The van der Waals surface area contributed by atoms with E-state index in [9.17, 15) is 9.90 Å². The van der Waals surface area contributed by atoms with E-state index in [1.54, 1.807) is 18.6 Å². The van der Waals surface area contributed by atoms with E-state index >= 15 is 0 Å². The van der Waals surface area contributed by atoms with E-state index < -0.39 is 6.10 Å². The summed E-state index contributed by atoms with van der Waals surface area (Å²) >= 11 is 0. The fraction of sp³-hybridized carbons (Fsp3) is 0.304. The van der Waals surface area contributed by atoms with E-state index in [4.69, 9.17) is 4.74 Å². The van der Waals surface area contributed by atoms with E-state index in [-0.39, 0.29) is 19.1 Å². The molecule has 7 nitrogen and oxygen atoms in total. The Bertz CT molecular complexity index is 974. The van der Waals surface area contributed by atoms with Crippen LogP contribution >= 0.6 is 0 Å². The van der Waals surface area contributed by atoms with Crippen molar-refractivity contribution >= 4 is 5.91 Å². The molecule has 0 aliphatic carbocycles. The molecule has 2 heterocycles. The van der Waals surface area contributed by atoms with Gasteiger partial charge < -0.3 is 19.7 Å². The van der Waals surface area contributed by atoms with Crippen molar-refractivity contribution in [1.29, 1.82) is 0 Å². The molecule has 0 spiro atoms. The number of nitrogens with one attached hydrogen (secondary N) is 1. The number of hydrogen-bond acceptors (Lipinski definition) is 5. The minimum Gasteiger partial charge on any atom is -0.484 e. The predicted molar refractivity (Wildman–Crippen MR) is 113 cm³/mol. The van der Waals surface area contributed by atoms with Crippen molar-refractivity contribution in [3.63, 3.8) is 0 Å². The van der Waals surface area contributed by atoms with Crippen molar-refractivity contribution in [2.45, 2.75) is 19.1 Å². The van der Waals surface area contributed by atoms with Crippen LogP contribution in [0, 0.1) is 0 Å². The van der Waals surface area contributed by atoms with Crippen LogP contribution in [0.1, 0.15) is 11.1 Å². The first kappa shape index (κ1) is 20.1. The normalized spacial score (nSPS) is 14.7. The number of amides is 1. The Kier molecular flexibility index (Phi) is 6.41. The van der Waals surface area contributed by atoms with E-state index in [1.807, 2.05) is 35.0 Å². The van der Waals surface area contributed by atoms with Gasteiger partial charge in [-0.25, -0.2) is 4.98 Å². The molecule has 0 radical (unpaired) electrons. The lowest BCUT2D eigenvalue weighted by Crippen LogP contribution is -2.42. The number of carbonyl (C=O) groups is 1. The number of aliphatic hydroxyl groups excluding tert-OH is 1. The van der Waals surface area contributed by atoms with Gasteiger partial charge in [0, 0.05) is 44.6 Å². The summed E-state index contributed by atoms with van der Waals surface area (Å²) in [6.45, 7) is 2.38. The number of nitrogens with zero attached hydrogens (tertiary/aromatic N) is 3. The molecule has 156 valence electrons. The third kappa shape index (κ3) is 5.25. The van der Waals surface area contributed by atoms with Crippen LogP contribution in [0.2, 0.25) is 0 Å². The van der Waals surface area contributed by atoms with E-state index in [2.05, 4.69) is 33.4 Å². The average molecular weight is 406 g/mol. The molecule has 0 saturated carbocycles. The van der Waals surface area contributed by atoms with E-state index in [0.29, 0.717) is 12.3 Å². The van der Waals surface area contributed by atoms with Gasteiger partial charge in [-0.2, -0.15) is 0 Å². The quantitative estimate of drug-likeness (QED) is 0.596. The summed E-state index contributed by atoms with van der Waals surface area (Å²) in [5.74, 6) is 0.343. The van der Waals surface area contributed by atoms with Crippen molar-refractivity contribution in [2.24, 2.45) is 0 Å². The molecule has 1 aliphatic rings. The molecule has 30 heavy (non-hydrogen) atoms. The summed E-state index contributed by atoms with van der Waals surface area (Å²) in [4.78, 5) is 18.4. The maximum atomic E-state index is 12.1. The van der Waals surface area contributed by atoms with Crippen LogP contribution in [0.3, 0.4) is 0 Å². The number of β-amino-alcohol motifs (C(OH)–C–C–N with tert-alkyl or cyclic N) is 1. The zero-order valence-corrected chi connectivity index (χ0v) is 16.8. The van der Waals surface area contributed by atoms with Crippen LogP contribution in [0.4, 0.5) is 0 Å². The fourth-order valence-corrected chi connectivity index (χ4v) is 3.65. The molecular weight excluding hydrogens is 380 g/mol. The van der Waals surface area contributed by atoms with Crippen molar-refractivity contribution in [3.8, 4) is 11.4 Å². The molecule has 1 aromatic heterocycles. The molecule has 1 aliphatic heterocycles. The fourth-order valence-electron chi connectivity index (χ4n) is 3.65. The monoisotopic (exact) mass is 406 g/mol. The number of benzene rings is 2. The molecule has 1 atom stereocenters. The first-order valence-corrected chi connectivity index (χ1v) is 10.1. The molecule has 2 aromatic carbocycles. The summed E-state index contributed by atoms with van der Waals surface area (Å²) in [6, 6.07) is 15.9. The number of imidazole rings is 1. The molecule has 1 amide bonds. The SMILES string of the molecule is O=C(COc1cccc(-n2ccnc2)c1)NC[C@@H](O)CN1CCc2ccccc2C1. The van der Waals surface area contributed by atoms with Gasteiger partial charge >= 0.3 is 0 Å². The highest BCUT2D eigenvalue weighted by Gasteiger charge is 2.18. The van der Waals surface area contributed by atoms with Crippen molar-refractivity contribution in [3.05, 3.63) is 78.4 Å². The summed E-state index contributed by atoms with van der Waals surface area (Å²) in [5.41, 5.74) is 3.60. The number of carbonyl (C=O) groups excluding carboxylic acids is 1. The maximum absolute atomic E-state index is 12.1. The highest BCUT2D eigenvalue weighted by molar-refractivity contribution is 5.77. The van der Waals surface area contributed by atoms with Gasteiger partial charge in [0.2, 0.25) is 0 Å². The number of hydrogen-bond donors (Lipinski definition) is 2. The van der Waals surface area contributed by atoms with Crippen molar-refractivity contribution in [1.82, 2.24) is 19.8 Å². The Hall–Kier alpha value is -3.16. The van der Waals surface area contributed by atoms with Gasteiger partial charge in [-0.05, 0) is 29.7 Å². The van der Waals surface area contributed by atoms with Gasteiger partial charge in [-0.15, -0.1) is 0 Å². The highest BCUT2D eigenvalue weighted by Crippen LogP contribution is 2.18. The predicted octanol–water partition coefficient (Wildman–Crippen LogP) is 1.79. The summed E-state index contributed by atoms with van der Waals surface area (Å²) < 4.78 is 7.45. The molecule has 0 saturated heterocycles. The number of rotatable bonds is 8. The third-order valence-corrected chi connectivity index (χ3v) is 5.20. The van der Waals surface area contributed by atoms with Crippen LogP contribution in [-0.2, 0) is 17.8 Å². The van der Waals surface area contributed by atoms with Crippen LogP contribution in [0.25, 0.3) is 5.69 Å². The first-order valence-electron chi connectivity index (χ1n) is 10.1. The minimum absolute atomic E-state index is 0.100. The summed E-state index contributed by atoms with van der Waals surface area (Å²) in [6.07, 6.45) is 5.61. The zero-order chi connectivity index (χ0) is 20.8. The van der Waals surface area contributed by atoms with Gasteiger partial charge in [-0.3, -0.25) is 9.69 Å². The Labute approximate surface area is 175 Å². The number of fused-ring (bicyclic) bond motifs is 1. The summed E-state index contributed by atoms with van der Waals surface area (Å²) in [7, 11) is 0. The number of ether oxygens (including phenoxy) is 1. The smallest absolute Gasteiger partial charge is 0.258 e. The van der Waals surface area contributed by atoms with Crippen molar-refractivity contribution in [2.75, 3.05) is 26.2 Å². The zero-order valence-electron chi connectivity index (χ0n) is 16.8. The summed E-state index contributed by atoms with van der Waals surface area (Å²) in [5, 5.41) is 13.1. The molecule has 0 fully saturated rings. The van der Waals surface area contributed by atoms with Gasteiger partial charge in [0.25, 0.3) is 5.91 Å². The molecule has 0 bridgehead atoms. The lowest BCUT2D eigenvalue weighted by Gasteiger charge is -2.30. The Morgan fingerprint density at radius 1 is 1.20 bits per heavy atom. The topological polar surface area (TPSA) is 79.6 Å². The number of aromatic nitrogens is 2. The van der Waals surface area contributed by atoms with Gasteiger partial charge in [-0.1, -0.05) is 30.3 Å². The lowest BCUT2D eigenvalue weighted by atomic mass is 10.00.